The van der Waals surface area contributed by atoms with Crippen LogP contribution in [0.4, 0.5) is 0 Å². The minimum absolute atomic E-state index is 0.00936. The summed E-state index contributed by atoms with van der Waals surface area (Å²) in [5.41, 5.74) is 0. The van der Waals surface area contributed by atoms with Crippen molar-refractivity contribution in [1.29, 1.82) is 0 Å². The molecule has 0 aromatic rings. The number of carbonyl (C=O) groups excluding carboxylic acids is 2. The molecule has 0 fully saturated rings. The Morgan fingerprint density at radius 2 is 0.588 bits per heavy atom. The topological polar surface area (TPSA) is 95.9 Å². The van der Waals surface area contributed by atoms with E-state index < -0.39 is 12.1 Å². The zero-order valence-corrected chi connectivity index (χ0v) is 54.1. The zero-order valence-electron chi connectivity index (χ0n) is 54.1. The fourth-order valence-electron chi connectivity index (χ4n) is 11.3. The predicted molar refractivity (Wildman–Crippen MR) is 352 cm³/mol. The highest BCUT2D eigenvalue weighted by molar-refractivity contribution is 5.76. The maximum Gasteiger partial charge on any atom is 0.305 e. The van der Waals surface area contributed by atoms with E-state index in [-0.39, 0.29) is 18.5 Å². The molecule has 1 amide bonds. The van der Waals surface area contributed by atoms with Crippen LogP contribution in [0.2, 0.25) is 0 Å². The Bertz CT molecular complexity index is 1300. The Balaban J connectivity index is 3.42. The minimum Gasteiger partial charge on any atom is -0.466 e. The van der Waals surface area contributed by atoms with Crippen LogP contribution in [0.1, 0.15) is 399 Å². The van der Waals surface area contributed by atoms with Gasteiger partial charge in [-0.15, -0.1) is 0 Å². The van der Waals surface area contributed by atoms with Gasteiger partial charge in [-0.25, -0.2) is 0 Å². The molecule has 0 aromatic carbocycles. The van der Waals surface area contributed by atoms with Gasteiger partial charge in [0.05, 0.1) is 25.4 Å². The molecule has 0 aromatic heterocycles. The Hall–Kier alpha value is -1.92. The third-order valence-corrected chi connectivity index (χ3v) is 16.9. The van der Waals surface area contributed by atoms with Gasteiger partial charge in [0, 0.05) is 12.8 Å². The van der Waals surface area contributed by atoms with Gasteiger partial charge in [-0.05, 0) is 83.5 Å². The second-order valence-corrected chi connectivity index (χ2v) is 24.9. The molecule has 0 bridgehead atoms. The smallest absolute Gasteiger partial charge is 0.305 e. The summed E-state index contributed by atoms with van der Waals surface area (Å²) in [6.07, 6.45) is 89.4. The Labute approximate surface area is 500 Å². The van der Waals surface area contributed by atoms with Crippen LogP contribution in [0, 0.1) is 0 Å². The summed E-state index contributed by atoms with van der Waals surface area (Å²) < 4.78 is 5.50. The predicted octanol–water partition coefficient (Wildman–Crippen LogP) is 23.5. The number of hydrogen-bond acceptors (Lipinski definition) is 5. The van der Waals surface area contributed by atoms with E-state index in [0.717, 1.165) is 44.9 Å². The van der Waals surface area contributed by atoms with Crippen molar-refractivity contribution >= 4 is 11.9 Å². The van der Waals surface area contributed by atoms with Crippen molar-refractivity contribution < 1.29 is 24.5 Å². The summed E-state index contributed by atoms with van der Waals surface area (Å²) in [5, 5.41) is 23.3. The lowest BCUT2D eigenvalue weighted by Crippen LogP contribution is -2.45. The van der Waals surface area contributed by atoms with Gasteiger partial charge < -0.3 is 20.3 Å². The van der Waals surface area contributed by atoms with E-state index in [0.29, 0.717) is 19.4 Å². The van der Waals surface area contributed by atoms with E-state index in [1.165, 1.54) is 327 Å². The first-order valence-electron chi connectivity index (χ1n) is 36.3. The minimum atomic E-state index is -0.849. The summed E-state index contributed by atoms with van der Waals surface area (Å²) in [6, 6.07) is -0.633. The number of esters is 1. The number of nitrogens with one attached hydrogen (secondary N) is 1. The Morgan fingerprint density at radius 3 is 0.887 bits per heavy atom. The largest absolute Gasteiger partial charge is 0.466 e. The average Bonchev–Trinajstić information content (AvgIpc) is 3.46. The number of allylic oxidation sites excluding steroid dienone is 5. The Morgan fingerprint density at radius 1 is 0.338 bits per heavy atom. The van der Waals surface area contributed by atoms with Crippen LogP contribution >= 0.6 is 0 Å². The fraction of sp³-hybridized carbons (Fsp3) is 0.892. The molecular formula is C74H141NO5. The summed E-state index contributed by atoms with van der Waals surface area (Å²) in [5.74, 6) is -0.0594. The van der Waals surface area contributed by atoms with Gasteiger partial charge in [0.15, 0.2) is 0 Å². The molecule has 0 saturated carbocycles. The highest BCUT2D eigenvalue weighted by atomic mass is 16.5. The molecule has 0 rings (SSSR count). The van der Waals surface area contributed by atoms with Crippen LogP contribution in [0.3, 0.4) is 0 Å². The van der Waals surface area contributed by atoms with Crippen LogP contribution in [0.5, 0.6) is 0 Å². The molecule has 2 atom stereocenters. The molecular weight excluding hydrogens is 983 g/mol. The van der Waals surface area contributed by atoms with E-state index in [1.54, 1.807) is 6.08 Å². The van der Waals surface area contributed by atoms with Crippen molar-refractivity contribution in [2.24, 2.45) is 0 Å². The molecule has 0 saturated heterocycles. The van der Waals surface area contributed by atoms with Gasteiger partial charge in [0.25, 0.3) is 0 Å². The molecule has 0 aliphatic rings. The van der Waals surface area contributed by atoms with Crippen molar-refractivity contribution in [1.82, 2.24) is 5.32 Å². The molecule has 472 valence electrons. The molecule has 6 nitrogen and oxygen atoms in total. The molecule has 0 heterocycles. The molecule has 0 radical (unpaired) electrons. The van der Waals surface area contributed by atoms with Gasteiger partial charge in [-0.3, -0.25) is 9.59 Å². The number of rotatable bonds is 68. The van der Waals surface area contributed by atoms with Crippen molar-refractivity contribution in [3.05, 3.63) is 36.5 Å². The number of unbranched alkanes of at least 4 members (excludes halogenated alkanes) is 53. The molecule has 80 heavy (non-hydrogen) atoms. The van der Waals surface area contributed by atoms with Crippen molar-refractivity contribution in [3.63, 3.8) is 0 Å². The number of amides is 1. The van der Waals surface area contributed by atoms with E-state index in [1.807, 2.05) is 6.08 Å². The van der Waals surface area contributed by atoms with Gasteiger partial charge in [0.1, 0.15) is 0 Å². The van der Waals surface area contributed by atoms with Gasteiger partial charge in [-0.1, -0.05) is 339 Å². The molecule has 0 spiro atoms. The van der Waals surface area contributed by atoms with Crippen molar-refractivity contribution in [2.45, 2.75) is 411 Å². The zero-order chi connectivity index (χ0) is 57.8. The van der Waals surface area contributed by atoms with E-state index in [2.05, 4.69) is 43.5 Å². The maximum atomic E-state index is 12.5. The van der Waals surface area contributed by atoms with Crippen molar-refractivity contribution in [3.8, 4) is 0 Å². The first-order chi connectivity index (χ1) is 39.5. The molecule has 6 heteroatoms. The maximum absolute atomic E-state index is 12.5. The van der Waals surface area contributed by atoms with Gasteiger partial charge in [-0.2, -0.15) is 0 Å². The normalized spacial score (nSPS) is 12.7. The second-order valence-electron chi connectivity index (χ2n) is 24.9. The average molecular weight is 1120 g/mol. The van der Waals surface area contributed by atoms with E-state index >= 15 is 0 Å². The lowest BCUT2D eigenvalue weighted by molar-refractivity contribution is -0.143. The monoisotopic (exact) mass is 1120 g/mol. The quantitative estimate of drug-likeness (QED) is 0.0320. The van der Waals surface area contributed by atoms with Crippen LogP contribution in [-0.4, -0.2) is 47.4 Å². The standard InChI is InChI=1S/C74H141NO5/c1-3-5-7-9-11-13-15-17-19-21-22-23-28-31-35-38-42-46-50-54-58-62-66-72(77)71(70-76)75-73(78)67-63-59-55-51-47-43-39-36-32-29-26-24-25-27-30-33-37-41-45-49-53-57-61-65-69-80-74(79)68-64-60-56-52-48-44-40-34-20-18-16-14-12-10-8-6-4-2/h18,20,26,29,62,66,71-72,76-77H,3-17,19,21-25,27-28,30-61,63-65,67-70H2,1-2H3,(H,75,78)/b20-18-,29-26-,66-62+. The number of carbonyl (C=O) groups is 2. The summed E-state index contributed by atoms with van der Waals surface area (Å²) in [7, 11) is 0. The SMILES string of the molecule is CCCCCCCC/C=C\CCCCCCCCCC(=O)OCCCCCCCCCCCCCC/C=C\CCCCCCCCCCC(=O)NC(CO)C(O)/C=C/CCCCCCCCCCCCCCCCCCCCCC. The number of ether oxygens (including phenoxy) is 1. The van der Waals surface area contributed by atoms with Crippen LogP contribution in [0.15, 0.2) is 36.5 Å². The number of aliphatic hydroxyl groups excluding tert-OH is 2. The fourth-order valence-corrected chi connectivity index (χ4v) is 11.3. The first kappa shape index (κ1) is 78.1. The number of hydrogen-bond donors (Lipinski definition) is 3. The van der Waals surface area contributed by atoms with Crippen LogP contribution in [-0.2, 0) is 14.3 Å². The van der Waals surface area contributed by atoms with Crippen LogP contribution < -0.4 is 5.32 Å². The molecule has 0 aliphatic heterocycles. The first-order valence-corrected chi connectivity index (χ1v) is 36.3. The van der Waals surface area contributed by atoms with Gasteiger partial charge in [0.2, 0.25) is 5.91 Å². The lowest BCUT2D eigenvalue weighted by atomic mass is 10.0. The summed E-state index contributed by atoms with van der Waals surface area (Å²) >= 11 is 0. The lowest BCUT2D eigenvalue weighted by Gasteiger charge is -2.20. The summed E-state index contributed by atoms with van der Waals surface area (Å²) in [6.45, 7) is 4.93. The van der Waals surface area contributed by atoms with Gasteiger partial charge >= 0.3 is 5.97 Å². The van der Waals surface area contributed by atoms with Crippen LogP contribution in [0.25, 0.3) is 0 Å². The highest BCUT2D eigenvalue weighted by Gasteiger charge is 2.18. The summed E-state index contributed by atoms with van der Waals surface area (Å²) in [4.78, 5) is 24.6. The molecule has 3 N–H and O–H groups in total. The third kappa shape index (κ3) is 65.2. The second kappa shape index (κ2) is 69.6. The highest BCUT2D eigenvalue weighted by Crippen LogP contribution is 2.18. The third-order valence-electron chi connectivity index (χ3n) is 16.9. The van der Waals surface area contributed by atoms with E-state index in [9.17, 15) is 19.8 Å². The van der Waals surface area contributed by atoms with Crippen molar-refractivity contribution in [2.75, 3.05) is 13.2 Å². The number of aliphatic hydroxyl groups is 2. The van der Waals surface area contributed by atoms with E-state index in [4.69, 9.17) is 4.74 Å². The Kier molecular flexibility index (Phi) is 67.9. The molecule has 0 aliphatic carbocycles. The molecule has 2 unspecified atom stereocenters.